The lowest BCUT2D eigenvalue weighted by Gasteiger charge is -2.23. The van der Waals surface area contributed by atoms with Gasteiger partial charge in [-0.2, -0.15) is 13.2 Å². The minimum Gasteiger partial charge on any atom is -0.480 e. The summed E-state index contributed by atoms with van der Waals surface area (Å²) in [6.07, 6.45) is -1.47. The summed E-state index contributed by atoms with van der Waals surface area (Å²) in [6, 6.07) is -1.39. The number of urea groups is 1. The molecule has 0 fully saturated rings. The predicted molar refractivity (Wildman–Crippen MR) is 165 cm³/mol. The van der Waals surface area contributed by atoms with Crippen molar-refractivity contribution in [2.45, 2.75) is 63.7 Å². The van der Waals surface area contributed by atoms with Crippen molar-refractivity contribution in [3.05, 3.63) is 41.5 Å². The normalized spacial score (nSPS) is 13.8. The Morgan fingerprint density at radius 3 is 2.20 bits per heavy atom. The standard InChI is InChI=1S/C30H38F3N7O9/c1-17(28(47)48)39(2)27(46)18-9-10-20(19(15-18)30(31,32)33)38-26(45)21(7-6-13-35-29(34)49)37-23(42)16-36-22(41)8-4-3-5-14-40-24(43)11-12-25(40)44/h9-12,15,17,21H,3-8,13-14,16H2,1-2H3,(H,36,41)(H,37,42)(H,38,45)(H,47,48)(H3,34,35,49)/t17-,21?/m0/s1. The van der Waals surface area contributed by atoms with Gasteiger partial charge in [0.25, 0.3) is 17.7 Å². The molecule has 16 nitrogen and oxygen atoms in total. The fourth-order valence-corrected chi connectivity index (χ4v) is 4.47. The predicted octanol–water partition coefficient (Wildman–Crippen LogP) is 0.724. The molecule has 1 heterocycles. The van der Waals surface area contributed by atoms with Crippen LogP contribution in [0.4, 0.5) is 23.7 Å². The molecule has 7 N–H and O–H groups in total. The van der Waals surface area contributed by atoms with E-state index in [2.05, 4.69) is 21.3 Å². The number of amides is 8. The van der Waals surface area contributed by atoms with E-state index < -0.39 is 89.1 Å². The molecule has 1 aromatic rings. The first-order valence-corrected chi connectivity index (χ1v) is 15.1. The van der Waals surface area contributed by atoms with Gasteiger partial charge in [-0.05, 0) is 50.8 Å². The van der Waals surface area contributed by atoms with E-state index in [-0.39, 0.29) is 32.4 Å². The summed E-state index contributed by atoms with van der Waals surface area (Å²) < 4.78 is 42.0. The topological polar surface area (TPSA) is 237 Å². The molecule has 0 bridgehead atoms. The van der Waals surface area contributed by atoms with Crippen LogP contribution in [-0.2, 0) is 34.9 Å². The highest BCUT2D eigenvalue weighted by Crippen LogP contribution is 2.36. The molecule has 0 aliphatic carbocycles. The number of rotatable bonds is 18. The number of imide groups is 1. The van der Waals surface area contributed by atoms with Crippen LogP contribution in [0, 0.1) is 0 Å². The van der Waals surface area contributed by atoms with E-state index in [0.717, 1.165) is 29.0 Å². The van der Waals surface area contributed by atoms with Crippen LogP contribution in [0.25, 0.3) is 0 Å². The highest BCUT2D eigenvalue weighted by molar-refractivity contribution is 6.12. The van der Waals surface area contributed by atoms with Crippen LogP contribution in [0.15, 0.2) is 30.4 Å². The maximum atomic E-state index is 14.0. The summed E-state index contributed by atoms with van der Waals surface area (Å²) in [5.74, 6) is -5.65. The molecule has 2 atom stereocenters. The number of hydrogen-bond acceptors (Lipinski definition) is 8. The molecule has 1 aliphatic rings. The minimum atomic E-state index is -5.06. The zero-order chi connectivity index (χ0) is 36.9. The molecule has 1 aliphatic heterocycles. The van der Waals surface area contributed by atoms with Crippen molar-refractivity contribution < 1.29 is 56.6 Å². The molecule has 268 valence electrons. The van der Waals surface area contributed by atoms with Crippen molar-refractivity contribution in [2.75, 3.05) is 32.0 Å². The number of primary amides is 1. The molecule has 0 saturated carbocycles. The molecule has 2 rings (SSSR count). The van der Waals surface area contributed by atoms with E-state index in [0.29, 0.717) is 25.3 Å². The minimum absolute atomic E-state index is 0.0137. The Morgan fingerprint density at radius 2 is 1.61 bits per heavy atom. The first-order valence-electron chi connectivity index (χ1n) is 15.1. The van der Waals surface area contributed by atoms with Crippen molar-refractivity contribution in [3.63, 3.8) is 0 Å². The number of nitrogens with one attached hydrogen (secondary N) is 4. The molecule has 49 heavy (non-hydrogen) atoms. The summed E-state index contributed by atoms with van der Waals surface area (Å²) in [5.41, 5.74) is 2.37. The molecule has 0 radical (unpaired) electrons. The summed E-state index contributed by atoms with van der Waals surface area (Å²) in [7, 11) is 1.11. The molecule has 0 saturated heterocycles. The van der Waals surface area contributed by atoms with Gasteiger partial charge in [-0.1, -0.05) is 6.42 Å². The van der Waals surface area contributed by atoms with Gasteiger partial charge in [0.1, 0.15) is 12.1 Å². The maximum Gasteiger partial charge on any atom is 0.418 e. The number of nitrogens with zero attached hydrogens (tertiary/aromatic N) is 2. The van der Waals surface area contributed by atoms with E-state index >= 15 is 0 Å². The summed E-state index contributed by atoms with van der Waals surface area (Å²) in [4.78, 5) is 97.8. The zero-order valence-electron chi connectivity index (χ0n) is 26.7. The first kappa shape index (κ1) is 39.7. The number of nitrogens with two attached hydrogens (primary N) is 1. The van der Waals surface area contributed by atoms with Crippen molar-refractivity contribution >= 4 is 53.1 Å². The molecular formula is C30H38F3N7O9. The third-order valence-corrected chi connectivity index (χ3v) is 7.34. The largest absolute Gasteiger partial charge is 0.480 e. The van der Waals surface area contributed by atoms with Crippen LogP contribution in [0.2, 0.25) is 0 Å². The average Bonchev–Trinajstić information content (AvgIpc) is 3.35. The second-order valence-corrected chi connectivity index (χ2v) is 11.0. The van der Waals surface area contributed by atoms with Gasteiger partial charge in [-0.3, -0.25) is 33.7 Å². The van der Waals surface area contributed by atoms with Crippen LogP contribution in [0.1, 0.15) is 61.4 Å². The van der Waals surface area contributed by atoms with Crippen LogP contribution in [-0.4, -0.2) is 101 Å². The quantitative estimate of drug-likeness (QED) is 0.0935. The smallest absolute Gasteiger partial charge is 0.418 e. The number of alkyl halides is 3. The van der Waals surface area contributed by atoms with Gasteiger partial charge in [0.2, 0.25) is 17.7 Å². The van der Waals surface area contributed by atoms with E-state index in [1.807, 2.05) is 0 Å². The third kappa shape index (κ3) is 12.6. The summed E-state index contributed by atoms with van der Waals surface area (Å²) >= 11 is 0. The van der Waals surface area contributed by atoms with E-state index in [1.54, 1.807) is 0 Å². The fourth-order valence-electron chi connectivity index (χ4n) is 4.47. The number of carboxylic acid groups (broad SMARTS) is 1. The van der Waals surface area contributed by atoms with Crippen molar-refractivity contribution in [2.24, 2.45) is 5.73 Å². The monoisotopic (exact) mass is 697 g/mol. The lowest BCUT2D eigenvalue weighted by atomic mass is 10.0. The van der Waals surface area contributed by atoms with Gasteiger partial charge >= 0.3 is 18.2 Å². The molecule has 19 heteroatoms. The Morgan fingerprint density at radius 1 is 0.959 bits per heavy atom. The number of benzene rings is 1. The summed E-state index contributed by atoms with van der Waals surface area (Å²) in [6.45, 7) is 0.764. The van der Waals surface area contributed by atoms with E-state index in [9.17, 15) is 51.5 Å². The fraction of sp³-hybridized carbons (Fsp3) is 0.467. The van der Waals surface area contributed by atoms with Gasteiger partial charge in [0.15, 0.2) is 0 Å². The van der Waals surface area contributed by atoms with Gasteiger partial charge in [0.05, 0.1) is 17.8 Å². The van der Waals surface area contributed by atoms with Gasteiger partial charge in [-0.15, -0.1) is 0 Å². The Balaban J connectivity index is 2.04. The van der Waals surface area contributed by atoms with Crippen LogP contribution < -0.4 is 27.0 Å². The number of carbonyl (C=O) groups excluding carboxylic acids is 7. The van der Waals surface area contributed by atoms with Crippen molar-refractivity contribution in [1.29, 1.82) is 0 Å². The first-order chi connectivity index (χ1) is 22.9. The number of unbranched alkanes of at least 4 members (excludes halogenated alkanes) is 2. The SMILES string of the molecule is C[C@@H](C(=O)O)N(C)C(=O)c1ccc(NC(=O)C(CCCNC(N)=O)NC(=O)CNC(=O)CCCCCN2C(=O)C=CC2=O)c(C(F)(F)F)c1. The van der Waals surface area contributed by atoms with Gasteiger partial charge in [-0.25, -0.2) is 9.59 Å². The number of hydrogen-bond donors (Lipinski definition) is 6. The molecule has 1 unspecified atom stereocenters. The molecular weight excluding hydrogens is 659 g/mol. The number of aliphatic carboxylic acids is 1. The zero-order valence-corrected chi connectivity index (χ0v) is 26.7. The lowest BCUT2D eigenvalue weighted by Crippen LogP contribution is -2.48. The number of halogens is 3. The third-order valence-electron chi connectivity index (χ3n) is 7.34. The van der Waals surface area contributed by atoms with Crippen molar-refractivity contribution in [3.8, 4) is 0 Å². The second kappa shape index (κ2) is 18.2. The van der Waals surface area contributed by atoms with E-state index in [1.165, 1.54) is 19.1 Å². The lowest BCUT2D eigenvalue weighted by molar-refractivity contribution is -0.141. The van der Waals surface area contributed by atoms with E-state index in [4.69, 9.17) is 10.8 Å². The number of carboxylic acids is 1. The molecule has 8 amide bonds. The van der Waals surface area contributed by atoms with Gasteiger partial charge in [0, 0.05) is 44.3 Å². The molecule has 0 spiro atoms. The molecule has 0 aromatic heterocycles. The van der Waals surface area contributed by atoms with Crippen LogP contribution in [0.3, 0.4) is 0 Å². The van der Waals surface area contributed by atoms with Crippen LogP contribution >= 0.6 is 0 Å². The highest BCUT2D eigenvalue weighted by Gasteiger charge is 2.36. The number of carbonyl (C=O) groups is 8. The maximum absolute atomic E-state index is 14.0. The Labute approximate surface area is 278 Å². The molecule has 1 aromatic carbocycles. The van der Waals surface area contributed by atoms with Crippen LogP contribution in [0.5, 0.6) is 0 Å². The average molecular weight is 698 g/mol. The number of likely N-dealkylation sites (N-methyl/N-ethyl adjacent to an activating group) is 1. The van der Waals surface area contributed by atoms with Gasteiger partial charge < -0.3 is 37.0 Å². The van der Waals surface area contributed by atoms with Crippen molar-refractivity contribution in [1.82, 2.24) is 25.8 Å². The Hall–Kier alpha value is -5.49. The second-order valence-electron chi connectivity index (χ2n) is 11.0. The number of anilines is 1. The Bertz CT molecular complexity index is 1460. The summed E-state index contributed by atoms with van der Waals surface area (Å²) in [5, 5.41) is 18.2. The Kier molecular flexibility index (Phi) is 14.7. The highest BCUT2D eigenvalue weighted by atomic mass is 19.4.